The molecule has 0 saturated carbocycles. The minimum atomic E-state index is -0.869. The number of ketones is 1. The summed E-state index contributed by atoms with van der Waals surface area (Å²) in [6.07, 6.45) is 1.26. The zero-order valence-corrected chi connectivity index (χ0v) is 19.3. The summed E-state index contributed by atoms with van der Waals surface area (Å²) in [5.74, 6) is -1.94. The number of phenolic OH excluding ortho intramolecular Hbond substituents is 1. The van der Waals surface area contributed by atoms with Crippen molar-refractivity contribution in [2.24, 2.45) is 16.9 Å². The van der Waals surface area contributed by atoms with E-state index in [1.54, 1.807) is 30.1 Å². The predicted molar refractivity (Wildman–Crippen MR) is 129 cm³/mol. The highest BCUT2D eigenvalue weighted by atomic mass is 16.4. The normalized spacial score (nSPS) is 15.1. The van der Waals surface area contributed by atoms with Gasteiger partial charge in [-0.25, -0.2) is 0 Å². The van der Waals surface area contributed by atoms with Crippen LogP contribution in [0.4, 0.5) is 0 Å². The highest BCUT2D eigenvalue weighted by Crippen LogP contribution is 2.31. The van der Waals surface area contributed by atoms with Gasteiger partial charge < -0.3 is 15.6 Å². The Labute approximate surface area is 194 Å². The maximum Gasteiger partial charge on any atom is 0.308 e. The van der Waals surface area contributed by atoms with E-state index >= 15 is 0 Å². The van der Waals surface area contributed by atoms with Gasteiger partial charge in [-0.1, -0.05) is 44.2 Å². The van der Waals surface area contributed by atoms with Crippen molar-refractivity contribution in [2.45, 2.75) is 40.0 Å². The van der Waals surface area contributed by atoms with E-state index in [2.05, 4.69) is 5.10 Å². The van der Waals surface area contributed by atoms with E-state index in [0.717, 1.165) is 28.0 Å². The standard InChI is InChI=1S/C26H31N3O4/c1-4-20(23-11-12-29(28-23)15-17(3)26(32)33)25(27)24(31)13-18-9-10-19(30)14-22(18)21-8-6-5-7-16(21)2/h5-10,14,17,20,27,30H,4,11-13,15H2,1-3H3,(H,32,33). The number of hydrogen-bond donors (Lipinski definition) is 3. The fourth-order valence-corrected chi connectivity index (χ4v) is 4.21. The maximum atomic E-state index is 13.1. The van der Waals surface area contributed by atoms with Gasteiger partial charge in [0.05, 0.1) is 11.6 Å². The lowest BCUT2D eigenvalue weighted by Crippen LogP contribution is -2.30. The number of hydrazone groups is 1. The number of carbonyl (C=O) groups excluding carboxylic acids is 1. The smallest absolute Gasteiger partial charge is 0.308 e. The molecule has 0 spiro atoms. The van der Waals surface area contributed by atoms with Crippen LogP contribution in [0.15, 0.2) is 47.6 Å². The molecule has 3 rings (SSSR count). The molecule has 2 aromatic carbocycles. The van der Waals surface area contributed by atoms with E-state index in [4.69, 9.17) is 10.5 Å². The molecule has 174 valence electrons. The Kier molecular flexibility index (Phi) is 7.63. The van der Waals surface area contributed by atoms with E-state index in [0.29, 0.717) is 25.9 Å². The van der Waals surface area contributed by atoms with Gasteiger partial charge in [0.15, 0.2) is 5.78 Å². The molecule has 1 heterocycles. The van der Waals surface area contributed by atoms with Gasteiger partial charge in [0.1, 0.15) is 5.75 Å². The van der Waals surface area contributed by atoms with Gasteiger partial charge in [-0.15, -0.1) is 0 Å². The number of phenols is 1. The summed E-state index contributed by atoms with van der Waals surface area (Å²) in [5.41, 5.74) is 4.31. The number of aryl methyl sites for hydroxylation is 1. The quantitative estimate of drug-likeness (QED) is 0.468. The third-order valence-electron chi connectivity index (χ3n) is 6.14. The summed E-state index contributed by atoms with van der Waals surface area (Å²) in [6, 6.07) is 12.8. The van der Waals surface area contributed by atoms with E-state index in [9.17, 15) is 14.7 Å². The molecule has 3 N–H and O–H groups in total. The summed E-state index contributed by atoms with van der Waals surface area (Å²) in [5, 5.41) is 34.1. The van der Waals surface area contributed by atoms with Crippen LogP contribution in [0.25, 0.3) is 11.1 Å². The van der Waals surface area contributed by atoms with Crippen LogP contribution in [0, 0.1) is 24.2 Å². The van der Waals surface area contributed by atoms with E-state index < -0.39 is 11.9 Å². The summed E-state index contributed by atoms with van der Waals surface area (Å²) in [7, 11) is 0. The molecule has 2 aromatic rings. The molecular weight excluding hydrogens is 418 g/mol. The summed E-state index contributed by atoms with van der Waals surface area (Å²) in [6.45, 7) is 6.46. The van der Waals surface area contributed by atoms with Crippen molar-refractivity contribution in [2.75, 3.05) is 13.1 Å². The fraction of sp³-hybridized carbons (Fsp3) is 0.385. The number of hydrogen-bond acceptors (Lipinski definition) is 6. The molecule has 0 fully saturated rings. The van der Waals surface area contributed by atoms with Gasteiger partial charge in [-0.05, 0) is 47.7 Å². The second-order valence-electron chi connectivity index (χ2n) is 8.62. The first-order valence-electron chi connectivity index (χ1n) is 11.3. The van der Waals surface area contributed by atoms with Crippen molar-refractivity contribution in [1.82, 2.24) is 5.01 Å². The van der Waals surface area contributed by atoms with Crippen LogP contribution >= 0.6 is 0 Å². The third-order valence-corrected chi connectivity index (χ3v) is 6.14. The third kappa shape index (κ3) is 5.66. The zero-order chi connectivity index (χ0) is 24.1. The number of nitrogens with one attached hydrogen (secondary N) is 1. The molecule has 2 unspecified atom stereocenters. The average molecular weight is 450 g/mol. The number of Topliss-reactive ketones (excluding diaryl/α,β-unsaturated/α-hetero) is 1. The monoisotopic (exact) mass is 449 g/mol. The van der Waals surface area contributed by atoms with Gasteiger partial charge in [0.25, 0.3) is 0 Å². The van der Waals surface area contributed by atoms with E-state index in [1.165, 1.54) is 0 Å². The van der Waals surface area contributed by atoms with Crippen LogP contribution in [-0.4, -0.2) is 51.5 Å². The van der Waals surface area contributed by atoms with Gasteiger partial charge in [0.2, 0.25) is 0 Å². The summed E-state index contributed by atoms with van der Waals surface area (Å²) in [4.78, 5) is 24.3. The van der Waals surface area contributed by atoms with E-state index in [1.807, 2.05) is 38.1 Å². The number of benzene rings is 2. The van der Waals surface area contributed by atoms with Gasteiger partial charge in [0, 0.05) is 37.6 Å². The average Bonchev–Trinajstić information content (AvgIpc) is 3.23. The van der Waals surface area contributed by atoms with Gasteiger partial charge in [-0.3, -0.25) is 14.6 Å². The van der Waals surface area contributed by atoms with Crippen molar-refractivity contribution < 1.29 is 19.8 Å². The molecule has 0 amide bonds. The number of nitrogens with zero attached hydrogens (tertiary/aromatic N) is 2. The van der Waals surface area contributed by atoms with Crippen molar-refractivity contribution in [1.29, 1.82) is 5.41 Å². The van der Waals surface area contributed by atoms with E-state index in [-0.39, 0.29) is 29.6 Å². The molecule has 0 saturated heterocycles. The lowest BCUT2D eigenvalue weighted by molar-refractivity contribution is -0.141. The first kappa shape index (κ1) is 24.2. The van der Waals surface area contributed by atoms with Gasteiger partial charge in [-0.2, -0.15) is 5.10 Å². The van der Waals surface area contributed by atoms with Crippen LogP contribution in [0.2, 0.25) is 0 Å². The number of aliphatic carboxylic acids is 1. The fourth-order valence-electron chi connectivity index (χ4n) is 4.21. The first-order chi connectivity index (χ1) is 15.7. The predicted octanol–water partition coefficient (Wildman–Crippen LogP) is 4.31. The van der Waals surface area contributed by atoms with Crippen LogP contribution < -0.4 is 0 Å². The molecule has 0 aromatic heterocycles. The second-order valence-corrected chi connectivity index (χ2v) is 8.62. The summed E-state index contributed by atoms with van der Waals surface area (Å²) >= 11 is 0. The van der Waals surface area contributed by atoms with Crippen LogP contribution in [0.3, 0.4) is 0 Å². The van der Waals surface area contributed by atoms with Gasteiger partial charge >= 0.3 is 5.97 Å². The second kappa shape index (κ2) is 10.4. The van der Waals surface area contributed by atoms with Crippen LogP contribution in [-0.2, 0) is 16.0 Å². The molecule has 0 radical (unpaired) electrons. The zero-order valence-electron chi connectivity index (χ0n) is 19.3. The molecule has 1 aliphatic rings. The Hall–Kier alpha value is -3.48. The topological polar surface area (TPSA) is 114 Å². The van der Waals surface area contributed by atoms with Crippen molar-refractivity contribution in [3.8, 4) is 16.9 Å². The molecule has 1 aliphatic heterocycles. The van der Waals surface area contributed by atoms with Crippen molar-refractivity contribution in [3.05, 3.63) is 53.6 Å². The lowest BCUT2D eigenvalue weighted by atomic mass is 9.87. The van der Waals surface area contributed by atoms with Crippen LogP contribution in [0.1, 0.15) is 37.8 Å². The van der Waals surface area contributed by atoms with Crippen molar-refractivity contribution in [3.63, 3.8) is 0 Å². The highest BCUT2D eigenvalue weighted by molar-refractivity contribution is 6.43. The molecular formula is C26H31N3O4. The van der Waals surface area contributed by atoms with Crippen molar-refractivity contribution >= 4 is 23.2 Å². The first-order valence-corrected chi connectivity index (χ1v) is 11.3. The minimum absolute atomic E-state index is 0.0215. The molecule has 7 heteroatoms. The largest absolute Gasteiger partial charge is 0.508 e. The molecule has 33 heavy (non-hydrogen) atoms. The molecule has 0 bridgehead atoms. The number of carbonyl (C=O) groups is 2. The number of carboxylic acid groups (broad SMARTS) is 1. The Bertz CT molecular complexity index is 1090. The Morgan fingerprint density at radius 2 is 1.91 bits per heavy atom. The lowest BCUT2D eigenvalue weighted by Gasteiger charge is -2.17. The number of aromatic hydroxyl groups is 1. The Balaban J connectivity index is 1.79. The molecule has 7 nitrogen and oxygen atoms in total. The Morgan fingerprint density at radius 1 is 1.18 bits per heavy atom. The number of carboxylic acids is 1. The SMILES string of the molecule is CCC(C(=N)C(=O)Cc1ccc(O)cc1-c1ccccc1C)C1=NN(CC(C)C(=O)O)CC1. The van der Waals surface area contributed by atoms with Crippen LogP contribution in [0.5, 0.6) is 5.75 Å². The molecule has 0 aliphatic carbocycles. The maximum absolute atomic E-state index is 13.1. The highest BCUT2D eigenvalue weighted by Gasteiger charge is 2.29. The molecule has 2 atom stereocenters. The Morgan fingerprint density at radius 3 is 2.58 bits per heavy atom. The summed E-state index contributed by atoms with van der Waals surface area (Å²) < 4.78 is 0. The number of rotatable bonds is 10. The minimum Gasteiger partial charge on any atom is -0.508 e.